The maximum absolute atomic E-state index is 12.7. The van der Waals surface area contributed by atoms with Gasteiger partial charge in [-0.1, -0.05) is 12.3 Å². The standard InChI is InChI=1S/C26H31ClN6O7S/c1-3-26(13-38-19(34)8-6-5-7-16-20-15(12-41-16)29-24(35)30-20)17(39-25(36)37-4-2)11-18(40-26)33-10-9-14-21(28)31-23(27)32-22(14)33/h1,9-10,15-18,20H,4-8,11-13H2,2H3,(H2,28,31,32)(H2,29,30,35)/t15-,16-,17-,18+,20-,26+/m0/s1. The summed E-state index contributed by atoms with van der Waals surface area (Å²) >= 11 is 7.85. The van der Waals surface area contributed by atoms with Gasteiger partial charge in [-0.15, -0.1) is 6.42 Å². The van der Waals surface area contributed by atoms with Crippen molar-refractivity contribution in [2.45, 2.75) is 74.3 Å². The van der Waals surface area contributed by atoms with E-state index in [9.17, 15) is 14.4 Å². The van der Waals surface area contributed by atoms with Crippen LogP contribution in [0.1, 0.15) is 45.3 Å². The lowest BCUT2D eigenvalue weighted by molar-refractivity contribution is -0.157. The number of amides is 2. The van der Waals surface area contributed by atoms with Gasteiger partial charge in [-0.25, -0.2) is 14.6 Å². The minimum atomic E-state index is -1.57. The van der Waals surface area contributed by atoms with Crippen molar-refractivity contribution in [2.24, 2.45) is 0 Å². The monoisotopic (exact) mass is 606 g/mol. The van der Waals surface area contributed by atoms with Crippen LogP contribution in [0.15, 0.2) is 12.3 Å². The third kappa shape index (κ3) is 6.12. The third-order valence-corrected chi connectivity index (χ3v) is 9.09. The second kappa shape index (κ2) is 12.2. The van der Waals surface area contributed by atoms with Gasteiger partial charge in [-0.2, -0.15) is 16.7 Å². The quantitative estimate of drug-likeness (QED) is 0.119. The SMILES string of the molecule is C#C[C@]1(COC(=O)CCCC[C@@H]2SC[C@@H]3NC(=O)N[C@@H]32)O[C@@H](n2ccc3c(N)nc(Cl)nc32)C[C@@H]1OC(=O)OCC. The van der Waals surface area contributed by atoms with Crippen molar-refractivity contribution < 1.29 is 33.3 Å². The summed E-state index contributed by atoms with van der Waals surface area (Å²) in [6, 6.07) is 1.87. The van der Waals surface area contributed by atoms with E-state index in [1.54, 1.807) is 23.8 Å². The molecule has 0 saturated carbocycles. The molecule has 3 fully saturated rings. The van der Waals surface area contributed by atoms with Gasteiger partial charge in [0.2, 0.25) is 10.9 Å². The molecule has 220 valence electrons. The Labute approximate surface area is 245 Å². The highest BCUT2D eigenvalue weighted by atomic mass is 35.5. The summed E-state index contributed by atoms with van der Waals surface area (Å²) in [5, 5.41) is 6.72. The van der Waals surface area contributed by atoms with E-state index in [0.29, 0.717) is 22.7 Å². The van der Waals surface area contributed by atoms with Crippen LogP contribution in [0.2, 0.25) is 5.28 Å². The van der Waals surface area contributed by atoms with Crippen molar-refractivity contribution >= 4 is 58.4 Å². The number of terminal acetylenes is 1. The molecular formula is C26H31ClN6O7S. The van der Waals surface area contributed by atoms with Crippen LogP contribution in [0.5, 0.6) is 0 Å². The number of unbranched alkanes of at least 4 members (excludes halogenated alkanes) is 1. The molecule has 2 aromatic rings. The van der Waals surface area contributed by atoms with Crippen molar-refractivity contribution in [3.63, 3.8) is 0 Å². The van der Waals surface area contributed by atoms with Gasteiger partial charge < -0.3 is 39.9 Å². The van der Waals surface area contributed by atoms with Crippen molar-refractivity contribution in [3.8, 4) is 12.3 Å². The van der Waals surface area contributed by atoms with Crippen LogP contribution in [0.25, 0.3) is 11.0 Å². The smallest absolute Gasteiger partial charge is 0.461 e. The van der Waals surface area contributed by atoms with Crippen LogP contribution in [-0.2, 0) is 23.7 Å². The van der Waals surface area contributed by atoms with Crippen LogP contribution in [0, 0.1) is 12.3 Å². The fourth-order valence-corrected chi connectivity index (χ4v) is 7.11. The van der Waals surface area contributed by atoms with E-state index in [-0.39, 0.29) is 55.3 Å². The van der Waals surface area contributed by atoms with Gasteiger partial charge in [0.25, 0.3) is 0 Å². The normalized spacial score (nSPS) is 28.5. The molecule has 5 heterocycles. The molecule has 15 heteroatoms. The van der Waals surface area contributed by atoms with Crippen LogP contribution >= 0.6 is 23.4 Å². The number of carbonyl (C=O) groups is 3. The van der Waals surface area contributed by atoms with Gasteiger partial charge in [0, 0.05) is 30.0 Å². The molecule has 0 unspecified atom stereocenters. The second-order valence-corrected chi connectivity index (χ2v) is 11.6. The maximum Gasteiger partial charge on any atom is 0.508 e. The fraction of sp³-hybridized carbons (Fsp3) is 0.577. The van der Waals surface area contributed by atoms with E-state index in [1.165, 1.54) is 0 Å². The van der Waals surface area contributed by atoms with Crippen LogP contribution in [0.3, 0.4) is 0 Å². The number of nitrogens with one attached hydrogen (secondary N) is 2. The summed E-state index contributed by atoms with van der Waals surface area (Å²) in [4.78, 5) is 44.7. The molecule has 0 bridgehead atoms. The first-order valence-electron chi connectivity index (χ1n) is 13.4. The highest BCUT2D eigenvalue weighted by Gasteiger charge is 2.52. The number of fused-ring (bicyclic) bond motifs is 2. The topological polar surface area (TPSA) is 169 Å². The molecule has 13 nitrogen and oxygen atoms in total. The number of ether oxygens (including phenoxy) is 4. The van der Waals surface area contributed by atoms with Crippen LogP contribution in [0.4, 0.5) is 15.4 Å². The molecule has 0 aromatic carbocycles. The largest absolute Gasteiger partial charge is 0.508 e. The molecule has 41 heavy (non-hydrogen) atoms. The van der Waals surface area contributed by atoms with Crippen LogP contribution < -0.4 is 16.4 Å². The highest BCUT2D eigenvalue weighted by molar-refractivity contribution is 8.00. The minimum Gasteiger partial charge on any atom is -0.461 e. The van der Waals surface area contributed by atoms with E-state index in [1.807, 2.05) is 11.8 Å². The van der Waals surface area contributed by atoms with Crippen molar-refractivity contribution in [1.29, 1.82) is 0 Å². The number of carbonyl (C=O) groups excluding carboxylic acids is 3. The fourth-order valence-electron chi connectivity index (χ4n) is 5.40. The van der Waals surface area contributed by atoms with Gasteiger partial charge >= 0.3 is 18.2 Å². The zero-order valence-electron chi connectivity index (χ0n) is 22.3. The average molecular weight is 607 g/mol. The van der Waals surface area contributed by atoms with E-state index >= 15 is 0 Å². The Kier molecular flexibility index (Phi) is 8.67. The molecular weight excluding hydrogens is 576 g/mol. The van der Waals surface area contributed by atoms with E-state index in [0.717, 1.165) is 18.6 Å². The third-order valence-electron chi connectivity index (χ3n) is 7.42. The molecule has 6 atom stereocenters. The lowest BCUT2D eigenvalue weighted by Crippen LogP contribution is -2.45. The molecule has 3 aliphatic heterocycles. The van der Waals surface area contributed by atoms with E-state index < -0.39 is 30.1 Å². The minimum absolute atomic E-state index is 0.0413. The van der Waals surface area contributed by atoms with E-state index in [4.69, 9.17) is 42.7 Å². The number of thioether (sulfide) groups is 1. The molecule has 3 aliphatic rings. The summed E-state index contributed by atoms with van der Waals surface area (Å²) in [6.45, 7) is 1.42. The predicted molar refractivity (Wildman–Crippen MR) is 150 cm³/mol. The summed E-state index contributed by atoms with van der Waals surface area (Å²) in [7, 11) is 0. The number of esters is 1. The number of anilines is 1. The Morgan fingerprint density at radius 1 is 1.34 bits per heavy atom. The molecule has 5 rings (SSSR count). The molecule has 3 saturated heterocycles. The number of urea groups is 1. The van der Waals surface area contributed by atoms with Gasteiger partial charge in [0.1, 0.15) is 24.3 Å². The number of hydrogen-bond donors (Lipinski definition) is 3. The molecule has 0 aliphatic carbocycles. The number of nitrogens with two attached hydrogens (primary N) is 1. The zero-order chi connectivity index (χ0) is 29.1. The van der Waals surface area contributed by atoms with Gasteiger partial charge in [-0.05, 0) is 37.4 Å². The summed E-state index contributed by atoms with van der Waals surface area (Å²) in [5.74, 6) is 3.18. The first kappa shape index (κ1) is 29.1. The predicted octanol–water partition coefficient (Wildman–Crippen LogP) is 2.77. The Morgan fingerprint density at radius 3 is 2.95 bits per heavy atom. The number of rotatable bonds is 10. The Bertz CT molecular complexity index is 1370. The molecule has 2 amide bonds. The molecule has 0 radical (unpaired) electrons. The van der Waals surface area contributed by atoms with Gasteiger partial charge in [0.15, 0.2) is 6.10 Å². The Balaban J connectivity index is 1.21. The maximum atomic E-state index is 12.7. The average Bonchev–Trinajstić information content (AvgIpc) is 3.69. The first-order valence-corrected chi connectivity index (χ1v) is 14.8. The Hall–Kier alpha value is -3.41. The van der Waals surface area contributed by atoms with Crippen molar-refractivity contribution in [3.05, 3.63) is 17.5 Å². The summed E-state index contributed by atoms with van der Waals surface area (Å²) in [5.41, 5.74) is 4.82. The number of aromatic nitrogens is 3. The highest BCUT2D eigenvalue weighted by Crippen LogP contribution is 2.41. The summed E-state index contributed by atoms with van der Waals surface area (Å²) < 4.78 is 23.9. The summed E-state index contributed by atoms with van der Waals surface area (Å²) in [6.07, 6.45) is 7.53. The molecule has 0 spiro atoms. The van der Waals surface area contributed by atoms with Crippen molar-refractivity contribution in [1.82, 2.24) is 25.2 Å². The van der Waals surface area contributed by atoms with Crippen molar-refractivity contribution in [2.75, 3.05) is 24.7 Å². The van der Waals surface area contributed by atoms with Gasteiger partial charge in [-0.3, -0.25) is 4.79 Å². The molecule has 4 N–H and O–H groups in total. The first-order chi connectivity index (χ1) is 19.7. The number of nitrogens with zero attached hydrogens (tertiary/aromatic N) is 3. The lowest BCUT2D eigenvalue weighted by atomic mass is 9.98. The second-order valence-electron chi connectivity index (χ2n) is 10.00. The van der Waals surface area contributed by atoms with E-state index in [2.05, 4.69) is 26.5 Å². The number of hydrogen-bond acceptors (Lipinski definition) is 11. The lowest BCUT2D eigenvalue weighted by Gasteiger charge is -2.28. The van der Waals surface area contributed by atoms with Crippen LogP contribution in [-0.4, -0.2) is 80.7 Å². The Morgan fingerprint density at radius 2 is 2.17 bits per heavy atom. The molecule has 2 aromatic heterocycles. The number of halogens is 1. The van der Waals surface area contributed by atoms with Gasteiger partial charge in [0.05, 0.1) is 24.1 Å². The number of nitrogen functional groups attached to an aromatic ring is 1. The zero-order valence-corrected chi connectivity index (χ0v) is 23.9.